The van der Waals surface area contributed by atoms with Gasteiger partial charge in [-0.2, -0.15) is 0 Å². The van der Waals surface area contributed by atoms with Gasteiger partial charge in [0.15, 0.2) is 6.10 Å². The Labute approximate surface area is 231 Å². The van der Waals surface area contributed by atoms with Gasteiger partial charge in [-0.3, -0.25) is 19.2 Å². The number of benzene rings is 1. The predicted octanol–water partition coefficient (Wildman–Crippen LogP) is -2.22. The summed E-state index contributed by atoms with van der Waals surface area (Å²) >= 11 is 0. The molecule has 0 radical (unpaired) electrons. The standard InChI is InChI=1S/C23H35N3O9.Na.H/c1-12(2)9-16(24-13(3)28)22(34)26-17(11-27)19(31)20(32)21(33)23(35)25-15(10-18(29)30)14-7-5-4-6-8-14;;/h4-8,12,15-17,19-21,27,31-33H,9-11H2,1-3H3,(H,24,28)(H,25,35)(H,26,34)(H,29,30);;/t15-,16-,17-,19+,20+,21-;;/m0../s1. The van der Waals surface area contributed by atoms with Crippen molar-refractivity contribution in [2.75, 3.05) is 6.61 Å². The van der Waals surface area contributed by atoms with E-state index in [2.05, 4.69) is 16.0 Å². The van der Waals surface area contributed by atoms with E-state index in [9.17, 15) is 39.6 Å². The number of carboxylic acids is 1. The molecule has 198 valence electrons. The van der Waals surface area contributed by atoms with Crippen LogP contribution in [0.1, 0.15) is 45.2 Å². The predicted molar refractivity (Wildman–Crippen MR) is 131 cm³/mol. The molecule has 1 aromatic rings. The van der Waals surface area contributed by atoms with E-state index in [0.29, 0.717) is 5.56 Å². The average Bonchev–Trinajstić information content (AvgIpc) is 2.79. The van der Waals surface area contributed by atoms with Crippen molar-refractivity contribution in [1.29, 1.82) is 0 Å². The van der Waals surface area contributed by atoms with Crippen LogP contribution in [-0.2, 0) is 19.2 Å². The molecule has 0 saturated heterocycles. The van der Waals surface area contributed by atoms with Gasteiger partial charge in [0.05, 0.1) is 25.1 Å². The molecule has 36 heavy (non-hydrogen) atoms. The molecule has 0 fully saturated rings. The van der Waals surface area contributed by atoms with Gasteiger partial charge < -0.3 is 41.5 Å². The quantitative estimate of drug-likeness (QED) is 0.125. The molecular formula is C23H36N3NaO9. The number of carbonyl (C=O) groups is 4. The van der Waals surface area contributed by atoms with Crippen molar-refractivity contribution in [1.82, 2.24) is 16.0 Å². The van der Waals surface area contributed by atoms with Crippen molar-refractivity contribution in [3.8, 4) is 0 Å². The number of nitrogens with one attached hydrogen (secondary N) is 3. The van der Waals surface area contributed by atoms with Crippen molar-refractivity contribution in [2.45, 2.75) is 70.1 Å². The molecule has 0 saturated carbocycles. The number of aliphatic carboxylic acids is 1. The molecule has 0 aliphatic rings. The van der Waals surface area contributed by atoms with Gasteiger partial charge in [-0.25, -0.2) is 0 Å². The Hall–Kier alpha value is -2.06. The van der Waals surface area contributed by atoms with Crippen LogP contribution in [0.15, 0.2) is 30.3 Å². The SMILES string of the molecule is CC(=O)N[C@@H](CC(C)C)C(=O)N[C@@H](CO)[C@@H](O)[C@@H](O)[C@H](O)C(=O)N[C@@H](CC(=O)O)c1ccccc1.[NaH]. The Kier molecular flexibility index (Phi) is 15.7. The Bertz CT molecular complexity index is 856. The van der Waals surface area contributed by atoms with E-state index in [1.807, 2.05) is 13.8 Å². The van der Waals surface area contributed by atoms with Gasteiger partial charge in [-0.15, -0.1) is 0 Å². The van der Waals surface area contributed by atoms with E-state index in [0.717, 1.165) is 0 Å². The van der Waals surface area contributed by atoms with Gasteiger partial charge in [0.25, 0.3) is 5.91 Å². The summed E-state index contributed by atoms with van der Waals surface area (Å²) in [6.45, 7) is 4.03. The molecular weight excluding hydrogens is 485 g/mol. The molecule has 0 unspecified atom stereocenters. The number of aliphatic hydroxyl groups excluding tert-OH is 4. The zero-order valence-electron chi connectivity index (χ0n) is 19.9. The van der Waals surface area contributed by atoms with Gasteiger partial charge in [0, 0.05) is 6.92 Å². The summed E-state index contributed by atoms with van der Waals surface area (Å²) in [4.78, 5) is 47.7. The number of hydrogen-bond acceptors (Lipinski definition) is 8. The monoisotopic (exact) mass is 521 g/mol. The molecule has 1 aromatic carbocycles. The maximum absolute atomic E-state index is 12.6. The van der Waals surface area contributed by atoms with Crippen molar-refractivity contribution in [2.24, 2.45) is 5.92 Å². The molecule has 1 rings (SSSR count). The summed E-state index contributed by atoms with van der Waals surface area (Å²) in [7, 11) is 0. The summed E-state index contributed by atoms with van der Waals surface area (Å²) in [6, 6.07) is 4.63. The summed E-state index contributed by atoms with van der Waals surface area (Å²) in [6.07, 6.45) is -6.57. The normalized spacial score (nSPS) is 15.9. The Morgan fingerprint density at radius 3 is 1.94 bits per heavy atom. The first-order valence-electron chi connectivity index (χ1n) is 11.2. The number of amides is 3. The van der Waals surface area contributed by atoms with Crippen LogP contribution in [-0.4, -0.2) is 116 Å². The summed E-state index contributed by atoms with van der Waals surface area (Å²) < 4.78 is 0. The summed E-state index contributed by atoms with van der Waals surface area (Å²) in [5, 5.41) is 57.0. The number of rotatable bonds is 14. The van der Waals surface area contributed by atoms with Crippen LogP contribution < -0.4 is 16.0 Å². The van der Waals surface area contributed by atoms with Gasteiger partial charge in [-0.1, -0.05) is 44.2 Å². The first-order chi connectivity index (χ1) is 16.4. The first-order valence-corrected chi connectivity index (χ1v) is 11.2. The number of carboxylic acid groups (broad SMARTS) is 1. The fourth-order valence-corrected chi connectivity index (χ4v) is 3.42. The molecule has 0 spiro atoms. The third-order valence-corrected chi connectivity index (χ3v) is 5.18. The number of aliphatic hydroxyl groups is 4. The van der Waals surface area contributed by atoms with Crippen LogP contribution in [0.2, 0.25) is 0 Å². The Morgan fingerprint density at radius 1 is 0.889 bits per heavy atom. The zero-order valence-corrected chi connectivity index (χ0v) is 19.9. The van der Waals surface area contributed by atoms with Gasteiger partial charge >= 0.3 is 35.5 Å². The van der Waals surface area contributed by atoms with E-state index in [-0.39, 0.29) is 41.9 Å². The van der Waals surface area contributed by atoms with Crippen LogP contribution in [0.4, 0.5) is 0 Å². The molecule has 0 aromatic heterocycles. The molecule has 0 aliphatic heterocycles. The van der Waals surface area contributed by atoms with Gasteiger partial charge in [-0.05, 0) is 17.9 Å². The summed E-state index contributed by atoms with van der Waals surface area (Å²) in [5.74, 6) is -3.55. The minimum atomic E-state index is -2.21. The van der Waals surface area contributed by atoms with E-state index in [1.165, 1.54) is 6.92 Å². The average molecular weight is 522 g/mol. The fourth-order valence-electron chi connectivity index (χ4n) is 3.42. The van der Waals surface area contributed by atoms with Crippen molar-refractivity contribution in [3.63, 3.8) is 0 Å². The fraction of sp³-hybridized carbons (Fsp3) is 0.565. The van der Waals surface area contributed by atoms with Crippen LogP contribution >= 0.6 is 0 Å². The summed E-state index contributed by atoms with van der Waals surface area (Å²) in [5.41, 5.74) is 0.445. The van der Waals surface area contributed by atoms with Crippen molar-refractivity contribution in [3.05, 3.63) is 35.9 Å². The molecule has 0 bridgehead atoms. The van der Waals surface area contributed by atoms with Crippen LogP contribution in [0.25, 0.3) is 0 Å². The second-order valence-corrected chi connectivity index (χ2v) is 8.68. The zero-order chi connectivity index (χ0) is 26.7. The second-order valence-electron chi connectivity index (χ2n) is 8.68. The van der Waals surface area contributed by atoms with Crippen LogP contribution in [0.5, 0.6) is 0 Å². The van der Waals surface area contributed by atoms with Crippen molar-refractivity contribution >= 4 is 53.2 Å². The van der Waals surface area contributed by atoms with E-state index >= 15 is 0 Å². The number of hydrogen-bond donors (Lipinski definition) is 8. The van der Waals surface area contributed by atoms with Gasteiger partial charge in [0.2, 0.25) is 11.8 Å². The van der Waals surface area contributed by atoms with E-state index in [1.54, 1.807) is 30.3 Å². The van der Waals surface area contributed by atoms with Crippen LogP contribution in [0.3, 0.4) is 0 Å². The maximum atomic E-state index is 12.6. The second kappa shape index (κ2) is 16.6. The Morgan fingerprint density at radius 2 is 1.47 bits per heavy atom. The van der Waals surface area contributed by atoms with E-state index in [4.69, 9.17) is 5.11 Å². The molecule has 12 nitrogen and oxygen atoms in total. The van der Waals surface area contributed by atoms with E-state index < -0.39 is 73.2 Å². The topological polar surface area (TPSA) is 206 Å². The minimum absolute atomic E-state index is 0. The molecule has 13 heteroatoms. The molecule has 0 aliphatic carbocycles. The Balaban J connectivity index is 0.0000122. The third kappa shape index (κ3) is 11.3. The molecule has 6 atom stereocenters. The first kappa shape index (κ1) is 33.9. The van der Waals surface area contributed by atoms with Gasteiger partial charge in [0.1, 0.15) is 18.2 Å². The molecule has 0 heterocycles. The molecule has 8 N–H and O–H groups in total. The number of carbonyl (C=O) groups excluding carboxylic acids is 3. The molecule has 3 amide bonds. The third-order valence-electron chi connectivity index (χ3n) is 5.18. The van der Waals surface area contributed by atoms with Crippen molar-refractivity contribution < 1.29 is 44.7 Å². The van der Waals surface area contributed by atoms with Crippen LogP contribution in [0, 0.1) is 5.92 Å².